The zero-order valence-corrected chi connectivity index (χ0v) is 10.7. The lowest BCUT2D eigenvalue weighted by atomic mass is 9.79. The molecule has 2 N–H and O–H groups in total. The largest absolute Gasteiger partial charge is 0.330 e. The maximum Gasteiger partial charge on any atom is 0.140 e. The summed E-state index contributed by atoms with van der Waals surface area (Å²) in [7, 11) is 0. The van der Waals surface area contributed by atoms with Crippen LogP contribution < -0.4 is 5.73 Å². The molecule has 4 heteroatoms. The van der Waals surface area contributed by atoms with Gasteiger partial charge in [-0.15, -0.1) is 11.8 Å². The van der Waals surface area contributed by atoms with E-state index in [0.717, 1.165) is 43.0 Å². The Hall–Kier alpha value is -0.610. The molecule has 1 aliphatic rings. The third kappa shape index (κ3) is 2.20. The van der Waals surface area contributed by atoms with Crippen LogP contribution in [0.25, 0.3) is 0 Å². The highest BCUT2D eigenvalue weighted by Crippen LogP contribution is 2.41. The molecular weight excluding hydrogens is 240 g/mol. The van der Waals surface area contributed by atoms with Crippen molar-refractivity contribution in [3.05, 3.63) is 29.3 Å². The molecule has 0 aliphatic heterocycles. The highest BCUT2D eigenvalue weighted by molar-refractivity contribution is 7.98. The van der Waals surface area contributed by atoms with Crippen LogP contribution in [-0.4, -0.2) is 12.8 Å². The lowest BCUT2D eigenvalue weighted by Crippen LogP contribution is -2.32. The quantitative estimate of drug-likeness (QED) is 0.839. The molecule has 0 spiro atoms. The molecule has 0 radical (unpaired) electrons. The molecule has 1 aromatic carbocycles. The number of thioether (sulfide) groups is 1. The Labute approximate surface area is 105 Å². The summed E-state index contributed by atoms with van der Waals surface area (Å²) in [4.78, 5) is 0.0962. The van der Waals surface area contributed by atoms with Gasteiger partial charge in [-0.2, -0.15) is 0 Å². The molecule has 2 rings (SSSR count). The summed E-state index contributed by atoms with van der Waals surface area (Å²) < 4.78 is 27.5. The fourth-order valence-electron chi connectivity index (χ4n) is 2.72. The zero-order valence-electron chi connectivity index (χ0n) is 9.93. The van der Waals surface area contributed by atoms with Gasteiger partial charge in [0.05, 0.1) is 4.90 Å². The van der Waals surface area contributed by atoms with Crippen molar-refractivity contribution in [3.8, 4) is 0 Å². The molecule has 1 aliphatic carbocycles. The number of hydrogen-bond acceptors (Lipinski definition) is 2. The van der Waals surface area contributed by atoms with Gasteiger partial charge in [0.15, 0.2) is 0 Å². The van der Waals surface area contributed by atoms with E-state index in [1.54, 1.807) is 6.26 Å². The van der Waals surface area contributed by atoms with Crippen LogP contribution in [0.2, 0.25) is 0 Å². The average Bonchev–Trinajstić information content (AvgIpc) is 2.78. The monoisotopic (exact) mass is 257 g/mol. The summed E-state index contributed by atoms with van der Waals surface area (Å²) in [6, 6.07) is 2.93. The lowest BCUT2D eigenvalue weighted by molar-refractivity contribution is 0.440. The van der Waals surface area contributed by atoms with Gasteiger partial charge in [0.1, 0.15) is 11.6 Å². The number of halogens is 2. The molecule has 94 valence electrons. The minimum absolute atomic E-state index is 0.0962. The minimum atomic E-state index is -0.466. The van der Waals surface area contributed by atoms with Crippen molar-refractivity contribution >= 4 is 11.8 Å². The highest BCUT2D eigenvalue weighted by Gasteiger charge is 2.35. The van der Waals surface area contributed by atoms with E-state index < -0.39 is 11.6 Å². The molecule has 0 aromatic heterocycles. The van der Waals surface area contributed by atoms with Crippen LogP contribution in [0.15, 0.2) is 17.0 Å². The summed E-state index contributed by atoms with van der Waals surface area (Å²) in [5.41, 5.74) is 6.34. The van der Waals surface area contributed by atoms with Gasteiger partial charge in [-0.3, -0.25) is 0 Å². The highest BCUT2D eigenvalue weighted by atomic mass is 32.2. The van der Waals surface area contributed by atoms with E-state index in [-0.39, 0.29) is 10.3 Å². The van der Waals surface area contributed by atoms with E-state index >= 15 is 0 Å². The second-order valence-corrected chi connectivity index (χ2v) is 5.48. The molecule has 0 bridgehead atoms. The van der Waals surface area contributed by atoms with E-state index in [9.17, 15) is 8.78 Å². The standard InChI is InChI=1S/C13H17F2NS/c1-17-12-10(14)6-9(7-11(12)15)13(8-16)4-2-3-5-13/h6-7H,2-5,8,16H2,1H3. The second kappa shape index (κ2) is 4.94. The lowest BCUT2D eigenvalue weighted by Gasteiger charge is -2.28. The SMILES string of the molecule is CSc1c(F)cc(C2(CN)CCCC2)cc1F. The van der Waals surface area contributed by atoms with Gasteiger partial charge in [-0.1, -0.05) is 12.8 Å². The summed E-state index contributed by atoms with van der Waals surface area (Å²) in [6.07, 6.45) is 5.72. The maximum absolute atomic E-state index is 13.8. The molecule has 1 fully saturated rings. The van der Waals surface area contributed by atoms with E-state index in [1.165, 1.54) is 12.1 Å². The smallest absolute Gasteiger partial charge is 0.140 e. The minimum Gasteiger partial charge on any atom is -0.330 e. The fraction of sp³-hybridized carbons (Fsp3) is 0.538. The van der Waals surface area contributed by atoms with Crippen molar-refractivity contribution in [1.29, 1.82) is 0 Å². The van der Waals surface area contributed by atoms with Gasteiger partial charge in [-0.25, -0.2) is 8.78 Å². The topological polar surface area (TPSA) is 26.0 Å². The molecule has 0 amide bonds. The molecule has 0 saturated heterocycles. The molecule has 1 aromatic rings. The molecule has 0 unspecified atom stereocenters. The predicted octanol–water partition coefficient (Wildman–Crippen LogP) is 3.46. The summed E-state index contributed by atoms with van der Waals surface area (Å²) in [5, 5.41) is 0. The molecule has 0 heterocycles. The van der Waals surface area contributed by atoms with E-state index in [2.05, 4.69) is 0 Å². The predicted molar refractivity (Wildman–Crippen MR) is 67.3 cm³/mol. The first kappa shape index (κ1) is 12.8. The van der Waals surface area contributed by atoms with Crippen LogP contribution in [-0.2, 0) is 5.41 Å². The average molecular weight is 257 g/mol. The van der Waals surface area contributed by atoms with E-state index in [1.807, 2.05) is 0 Å². The van der Waals surface area contributed by atoms with Crippen molar-refractivity contribution in [3.63, 3.8) is 0 Å². The zero-order chi connectivity index (χ0) is 12.5. The van der Waals surface area contributed by atoms with E-state index in [0.29, 0.717) is 6.54 Å². The Kier molecular flexibility index (Phi) is 3.73. The second-order valence-electron chi connectivity index (χ2n) is 4.66. The Balaban J connectivity index is 2.45. The Morgan fingerprint density at radius 2 is 1.76 bits per heavy atom. The number of hydrogen-bond donors (Lipinski definition) is 1. The number of benzene rings is 1. The van der Waals surface area contributed by atoms with Crippen molar-refractivity contribution in [2.75, 3.05) is 12.8 Å². The third-order valence-electron chi connectivity index (χ3n) is 3.77. The van der Waals surface area contributed by atoms with Crippen LogP contribution in [0.5, 0.6) is 0 Å². The Bertz CT molecular complexity index is 391. The van der Waals surface area contributed by atoms with E-state index in [4.69, 9.17) is 5.73 Å². The van der Waals surface area contributed by atoms with Crippen LogP contribution in [0.3, 0.4) is 0 Å². The summed E-state index contributed by atoms with van der Waals surface area (Å²) in [5.74, 6) is -0.931. The molecule has 1 saturated carbocycles. The van der Waals surface area contributed by atoms with Crippen LogP contribution in [0.1, 0.15) is 31.2 Å². The van der Waals surface area contributed by atoms with Gasteiger partial charge in [0, 0.05) is 12.0 Å². The van der Waals surface area contributed by atoms with Crippen LogP contribution >= 0.6 is 11.8 Å². The maximum atomic E-state index is 13.8. The van der Waals surface area contributed by atoms with Gasteiger partial charge < -0.3 is 5.73 Å². The first-order valence-electron chi connectivity index (χ1n) is 5.86. The molecule has 0 atom stereocenters. The normalized spacial score (nSPS) is 18.6. The molecule has 1 nitrogen and oxygen atoms in total. The first-order valence-corrected chi connectivity index (χ1v) is 7.09. The van der Waals surface area contributed by atoms with Crippen LogP contribution in [0, 0.1) is 11.6 Å². The fourth-order valence-corrected chi connectivity index (χ4v) is 3.23. The number of nitrogens with two attached hydrogens (primary N) is 1. The van der Waals surface area contributed by atoms with Gasteiger partial charge in [0.25, 0.3) is 0 Å². The van der Waals surface area contributed by atoms with Crippen molar-refractivity contribution < 1.29 is 8.78 Å². The van der Waals surface area contributed by atoms with Crippen molar-refractivity contribution in [2.24, 2.45) is 5.73 Å². The first-order chi connectivity index (χ1) is 8.13. The molecular formula is C13H17F2NS. The number of rotatable bonds is 3. The summed E-state index contributed by atoms with van der Waals surface area (Å²) in [6.45, 7) is 0.463. The van der Waals surface area contributed by atoms with Gasteiger partial charge in [-0.05, 0) is 36.8 Å². The van der Waals surface area contributed by atoms with Crippen molar-refractivity contribution in [1.82, 2.24) is 0 Å². The summed E-state index contributed by atoms with van der Waals surface area (Å²) >= 11 is 1.10. The van der Waals surface area contributed by atoms with Crippen LogP contribution in [0.4, 0.5) is 8.78 Å². The molecule has 17 heavy (non-hydrogen) atoms. The van der Waals surface area contributed by atoms with Gasteiger partial charge >= 0.3 is 0 Å². The van der Waals surface area contributed by atoms with Gasteiger partial charge in [0.2, 0.25) is 0 Å². The third-order valence-corrected chi connectivity index (χ3v) is 4.56. The Morgan fingerprint density at radius 3 is 2.18 bits per heavy atom. The Morgan fingerprint density at radius 1 is 1.24 bits per heavy atom. The van der Waals surface area contributed by atoms with Crippen molar-refractivity contribution in [2.45, 2.75) is 36.0 Å².